The molecule has 1 unspecified atom stereocenters. The Hall–Kier alpha value is -1.12. The SMILES string of the molecule is CS(=O)(=O)OC1COCc2cc(C(F)(F)F)ccc21. The van der Waals surface area contributed by atoms with Crippen molar-refractivity contribution in [2.24, 2.45) is 0 Å². The van der Waals surface area contributed by atoms with Crippen molar-refractivity contribution >= 4 is 10.1 Å². The molecule has 19 heavy (non-hydrogen) atoms. The zero-order valence-corrected chi connectivity index (χ0v) is 10.7. The van der Waals surface area contributed by atoms with Crippen molar-refractivity contribution in [1.29, 1.82) is 0 Å². The number of alkyl halides is 3. The van der Waals surface area contributed by atoms with Crippen molar-refractivity contribution in [1.82, 2.24) is 0 Å². The molecule has 0 fully saturated rings. The maximum Gasteiger partial charge on any atom is 0.416 e. The Bertz CT molecular complexity index is 580. The number of halogens is 3. The summed E-state index contributed by atoms with van der Waals surface area (Å²) in [6.07, 6.45) is -4.47. The molecule has 0 aliphatic carbocycles. The predicted molar refractivity (Wildman–Crippen MR) is 59.8 cm³/mol. The summed E-state index contributed by atoms with van der Waals surface area (Å²) in [6, 6.07) is 3.09. The second-order valence-corrected chi connectivity index (χ2v) is 5.82. The van der Waals surface area contributed by atoms with Gasteiger partial charge in [-0.1, -0.05) is 6.07 Å². The highest BCUT2D eigenvalue weighted by atomic mass is 32.2. The maximum absolute atomic E-state index is 12.6. The van der Waals surface area contributed by atoms with Crippen LogP contribution in [0.2, 0.25) is 0 Å². The summed E-state index contributed by atoms with van der Waals surface area (Å²) in [5.74, 6) is 0. The van der Waals surface area contributed by atoms with Gasteiger partial charge >= 0.3 is 6.18 Å². The van der Waals surface area contributed by atoms with E-state index >= 15 is 0 Å². The zero-order chi connectivity index (χ0) is 14.3. The molecule has 0 amide bonds. The maximum atomic E-state index is 12.6. The quantitative estimate of drug-likeness (QED) is 0.786. The molecule has 106 valence electrons. The third-order valence-corrected chi connectivity index (χ3v) is 3.22. The first kappa shape index (κ1) is 14.3. The third-order valence-electron chi connectivity index (χ3n) is 2.63. The molecule has 8 heteroatoms. The van der Waals surface area contributed by atoms with Crippen LogP contribution in [0.5, 0.6) is 0 Å². The second kappa shape index (κ2) is 4.77. The Kier molecular flexibility index (Phi) is 3.59. The van der Waals surface area contributed by atoms with E-state index in [2.05, 4.69) is 0 Å². The smallest absolute Gasteiger partial charge is 0.374 e. The van der Waals surface area contributed by atoms with Gasteiger partial charge in [-0.05, 0) is 23.3 Å². The van der Waals surface area contributed by atoms with E-state index in [0.717, 1.165) is 18.4 Å². The van der Waals surface area contributed by atoms with Gasteiger partial charge in [-0.2, -0.15) is 21.6 Å². The van der Waals surface area contributed by atoms with Crippen molar-refractivity contribution in [3.8, 4) is 0 Å². The fraction of sp³-hybridized carbons (Fsp3) is 0.455. The van der Waals surface area contributed by atoms with Crippen molar-refractivity contribution in [2.75, 3.05) is 12.9 Å². The average Bonchev–Trinajstić information content (AvgIpc) is 2.25. The lowest BCUT2D eigenvalue weighted by Gasteiger charge is -2.25. The minimum atomic E-state index is -4.44. The van der Waals surface area contributed by atoms with Gasteiger partial charge in [0.2, 0.25) is 0 Å². The monoisotopic (exact) mass is 296 g/mol. The fourth-order valence-electron chi connectivity index (χ4n) is 1.88. The summed E-state index contributed by atoms with van der Waals surface area (Å²) in [5, 5.41) is 0. The number of ether oxygens (including phenoxy) is 1. The first-order chi connectivity index (χ1) is 8.67. The molecule has 0 bridgehead atoms. The normalized spacial score (nSPS) is 20.1. The van der Waals surface area contributed by atoms with Gasteiger partial charge in [-0.25, -0.2) is 0 Å². The second-order valence-electron chi connectivity index (χ2n) is 4.22. The van der Waals surface area contributed by atoms with Crippen LogP contribution in [0.15, 0.2) is 18.2 Å². The van der Waals surface area contributed by atoms with Crippen molar-refractivity contribution < 1.29 is 30.5 Å². The van der Waals surface area contributed by atoms with E-state index < -0.39 is 28.0 Å². The van der Waals surface area contributed by atoms with Crippen LogP contribution in [0.4, 0.5) is 13.2 Å². The molecule has 1 aromatic rings. The van der Waals surface area contributed by atoms with E-state index in [9.17, 15) is 21.6 Å². The summed E-state index contributed by atoms with van der Waals surface area (Å²) in [4.78, 5) is 0. The lowest BCUT2D eigenvalue weighted by Crippen LogP contribution is -2.22. The summed E-state index contributed by atoms with van der Waals surface area (Å²) in [5.41, 5.74) is -0.103. The Balaban J connectivity index is 2.36. The van der Waals surface area contributed by atoms with E-state index in [-0.39, 0.29) is 18.8 Å². The molecule has 4 nitrogen and oxygen atoms in total. The van der Waals surface area contributed by atoms with Crippen molar-refractivity contribution in [3.05, 3.63) is 34.9 Å². The van der Waals surface area contributed by atoms with Crippen LogP contribution in [0.3, 0.4) is 0 Å². The topological polar surface area (TPSA) is 52.6 Å². The molecule has 1 aliphatic heterocycles. The van der Waals surface area contributed by atoms with Crippen LogP contribution in [-0.4, -0.2) is 21.3 Å². The van der Waals surface area contributed by atoms with E-state index in [4.69, 9.17) is 8.92 Å². The van der Waals surface area contributed by atoms with Crippen LogP contribution in [0.1, 0.15) is 22.8 Å². The van der Waals surface area contributed by atoms with E-state index in [0.29, 0.717) is 5.56 Å². The number of hydrogen-bond acceptors (Lipinski definition) is 4. The van der Waals surface area contributed by atoms with E-state index in [1.165, 1.54) is 6.07 Å². The Morgan fingerprint density at radius 2 is 2.05 bits per heavy atom. The van der Waals surface area contributed by atoms with E-state index in [1.54, 1.807) is 0 Å². The Morgan fingerprint density at radius 1 is 1.37 bits per heavy atom. The van der Waals surface area contributed by atoms with E-state index in [1.807, 2.05) is 0 Å². The van der Waals surface area contributed by atoms with Gasteiger partial charge in [0.25, 0.3) is 10.1 Å². The van der Waals surface area contributed by atoms with Crippen LogP contribution < -0.4 is 0 Å². The molecule has 0 saturated carbocycles. The minimum absolute atomic E-state index is 0.00285. The lowest BCUT2D eigenvalue weighted by molar-refractivity contribution is -0.137. The Morgan fingerprint density at radius 3 is 2.63 bits per heavy atom. The summed E-state index contributed by atoms with van der Waals surface area (Å²) >= 11 is 0. The van der Waals surface area contributed by atoms with Gasteiger partial charge < -0.3 is 4.74 Å². The zero-order valence-electron chi connectivity index (χ0n) is 9.90. The van der Waals surface area contributed by atoms with Gasteiger partial charge in [-0.3, -0.25) is 4.18 Å². The molecular formula is C11H11F3O4S. The number of hydrogen-bond donors (Lipinski definition) is 0. The molecule has 1 heterocycles. The minimum Gasteiger partial charge on any atom is -0.374 e. The van der Waals surface area contributed by atoms with Gasteiger partial charge in [0.15, 0.2) is 0 Å². The fourth-order valence-corrected chi connectivity index (χ4v) is 2.46. The lowest BCUT2D eigenvalue weighted by atomic mass is 9.98. The van der Waals surface area contributed by atoms with Crippen molar-refractivity contribution in [2.45, 2.75) is 18.9 Å². The van der Waals surface area contributed by atoms with Crippen LogP contribution >= 0.6 is 0 Å². The Labute approximate surface area is 108 Å². The number of benzene rings is 1. The summed E-state index contributed by atoms with van der Waals surface area (Å²) in [6.45, 7) is -0.00565. The highest BCUT2D eigenvalue weighted by molar-refractivity contribution is 7.86. The number of rotatable bonds is 2. The molecule has 2 rings (SSSR count). The first-order valence-electron chi connectivity index (χ1n) is 5.33. The molecule has 0 radical (unpaired) electrons. The molecule has 0 N–H and O–H groups in total. The van der Waals surface area contributed by atoms with Crippen LogP contribution in [0, 0.1) is 0 Å². The van der Waals surface area contributed by atoms with Gasteiger partial charge in [0, 0.05) is 0 Å². The highest BCUT2D eigenvalue weighted by Gasteiger charge is 2.33. The summed E-state index contributed by atoms with van der Waals surface area (Å²) < 4.78 is 69.7. The van der Waals surface area contributed by atoms with Crippen LogP contribution in [-0.2, 0) is 31.8 Å². The van der Waals surface area contributed by atoms with Crippen LogP contribution in [0.25, 0.3) is 0 Å². The molecule has 1 aromatic carbocycles. The molecular weight excluding hydrogens is 285 g/mol. The van der Waals surface area contributed by atoms with Gasteiger partial charge in [0.05, 0.1) is 25.0 Å². The molecule has 0 aromatic heterocycles. The predicted octanol–water partition coefficient (Wildman–Crippen LogP) is 2.25. The van der Waals surface area contributed by atoms with Gasteiger partial charge in [-0.15, -0.1) is 0 Å². The van der Waals surface area contributed by atoms with Gasteiger partial charge in [0.1, 0.15) is 6.10 Å². The average molecular weight is 296 g/mol. The molecule has 1 aliphatic rings. The highest BCUT2D eigenvalue weighted by Crippen LogP contribution is 2.35. The van der Waals surface area contributed by atoms with Crippen molar-refractivity contribution in [3.63, 3.8) is 0 Å². The molecule has 0 spiro atoms. The third kappa shape index (κ3) is 3.46. The molecule has 1 atom stereocenters. The number of fused-ring (bicyclic) bond motifs is 1. The standard InChI is InChI=1S/C11H11F3O4S/c1-19(15,16)18-10-6-17-5-7-4-8(11(12,13)14)2-3-9(7)10/h2-4,10H,5-6H2,1H3. The first-order valence-corrected chi connectivity index (χ1v) is 7.14. The summed E-state index contributed by atoms with van der Waals surface area (Å²) in [7, 11) is -3.71. The molecule has 0 saturated heterocycles. The largest absolute Gasteiger partial charge is 0.416 e.